The van der Waals surface area contributed by atoms with Crippen LogP contribution >= 0.6 is 0 Å². The van der Waals surface area contributed by atoms with Gasteiger partial charge in [-0.2, -0.15) is 5.26 Å². The molecule has 0 aliphatic rings. The van der Waals surface area contributed by atoms with E-state index in [1.807, 2.05) is 0 Å². The molecule has 0 aliphatic carbocycles. The fourth-order valence-corrected chi connectivity index (χ4v) is 1.24. The maximum atomic E-state index is 11.0. The number of carbonyl (C=O) groups excluding carboxylic acids is 1. The summed E-state index contributed by atoms with van der Waals surface area (Å²) < 4.78 is 0. The lowest BCUT2D eigenvalue weighted by Gasteiger charge is -2.10. The lowest BCUT2D eigenvalue weighted by Crippen LogP contribution is -2.10. The van der Waals surface area contributed by atoms with Crippen molar-refractivity contribution in [2.75, 3.05) is 0 Å². The highest BCUT2D eigenvalue weighted by atomic mass is 16.1. The molecule has 0 heterocycles. The van der Waals surface area contributed by atoms with Crippen LogP contribution < -0.4 is 0 Å². The highest BCUT2D eigenvalue weighted by Gasteiger charge is 2.12. The molecule has 0 aliphatic heterocycles. The first-order valence-electron chi connectivity index (χ1n) is 4.59. The molecule has 0 bridgehead atoms. The summed E-state index contributed by atoms with van der Waals surface area (Å²) in [5.41, 5.74) is 0. The van der Waals surface area contributed by atoms with E-state index in [1.165, 1.54) is 0 Å². The number of hydrogen-bond donors (Lipinski definition) is 0. The molecule has 0 fully saturated rings. The van der Waals surface area contributed by atoms with Crippen LogP contribution in [0.1, 0.15) is 46.0 Å². The minimum absolute atomic E-state index is 0.129. The van der Waals surface area contributed by atoms with Crippen molar-refractivity contribution in [2.24, 2.45) is 5.92 Å². The number of Topliss-reactive ketones (excluding diaryl/α,β-unsaturated/α-hetero) is 1. The summed E-state index contributed by atoms with van der Waals surface area (Å²) in [7, 11) is 0. The van der Waals surface area contributed by atoms with E-state index in [-0.39, 0.29) is 11.7 Å². The average molecular weight is 167 g/mol. The number of nitriles is 1. The van der Waals surface area contributed by atoms with E-state index in [9.17, 15) is 4.79 Å². The molecule has 1 atom stereocenters. The zero-order valence-electron chi connectivity index (χ0n) is 7.97. The molecule has 0 aromatic carbocycles. The van der Waals surface area contributed by atoms with Crippen LogP contribution in [0.25, 0.3) is 0 Å². The Kier molecular flexibility index (Phi) is 6.37. The second-order valence-electron chi connectivity index (χ2n) is 3.15. The van der Waals surface area contributed by atoms with E-state index in [2.05, 4.69) is 13.0 Å². The second kappa shape index (κ2) is 6.84. The number of ketones is 1. The van der Waals surface area contributed by atoms with Crippen LogP contribution in [0.3, 0.4) is 0 Å². The maximum Gasteiger partial charge on any atom is 0.132 e. The third-order valence-electron chi connectivity index (χ3n) is 2.09. The van der Waals surface area contributed by atoms with E-state index < -0.39 is 0 Å². The van der Waals surface area contributed by atoms with Crippen LogP contribution in [-0.4, -0.2) is 5.78 Å². The minimum atomic E-state index is 0.129. The predicted octanol–water partition coefficient (Wildman–Crippen LogP) is 2.69. The SMILES string of the molecule is CCCCC(CCC#N)C(C)=O. The summed E-state index contributed by atoms with van der Waals surface area (Å²) in [5, 5.41) is 8.36. The number of nitrogens with zero attached hydrogens (tertiary/aromatic N) is 1. The smallest absolute Gasteiger partial charge is 0.132 e. The van der Waals surface area contributed by atoms with Crippen LogP contribution in [0.4, 0.5) is 0 Å². The number of unbranched alkanes of at least 4 members (excludes halogenated alkanes) is 1. The molecule has 0 N–H and O–H groups in total. The quantitative estimate of drug-likeness (QED) is 0.610. The summed E-state index contributed by atoms with van der Waals surface area (Å²) in [4.78, 5) is 11.0. The Bertz CT molecular complexity index is 169. The first-order chi connectivity index (χ1) is 5.72. The third kappa shape index (κ3) is 4.90. The van der Waals surface area contributed by atoms with Crippen molar-refractivity contribution < 1.29 is 4.79 Å². The second-order valence-corrected chi connectivity index (χ2v) is 3.15. The number of hydrogen-bond acceptors (Lipinski definition) is 2. The highest BCUT2D eigenvalue weighted by molar-refractivity contribution is 5.78. The third-order valence-corrected chi connectivity index (χ3v) is 2.09. The summed E-state index contributed by atoms with van der Waals surface area (Å²) in [6.07, 6.45) is 4.42. The molecule has 0 rings (SSSR count). The summed E-state index contributed by atoms with van der Waals surface area (Å²) in [5.74, 6) is 0.364. The molecule has 2 heteroatoms. The van der Waals surface area contributed by atoms with Gasteiger partial charge in [0.25, 0.3) is 0 Å². The number of rotatable bonds is 6. The molecule has 0 aromatic heterocycles. The Hall–Kier alpha value is -0.840. The van der Waals surface area contributed by atoms with E-state index in [1.54, 1.807) is 6.92 Å². The van der Waals surface area contributed by atoms with Gasteiger partial charge in [0.15, 0.2) is 0 Å². The zero-order chi connectivity index (χ0) is 9.40. The van der Waals surface area contributed by atoms with Crippen molar-refractivity contribution in [3.8, 4) is 6.07 Å². The van der Waals surface area contributed by atoms with Gasteiger partial charge < -0.3 is 0 Å². The topological polar surface area (TPSA) is 40.9 Å². The van der Waals surface area contributed by atoms with Crippen molar-refractivity contribution >= 4 is 5.78 Å². The molecular weight excluding hydrogens is 150 g/mol. The molecular formula is C10H17NO. The molecule has 0 aromatic rings. The lowest BCUT2D eigenvalue weighted by atomic mass is 9.94. The van der Waals surface area contributed by atoms with Gasteiger partial charge in [0.1, 0.15) is 5.78 Å². The summed E-state index contributed by atoms with van der Waals surface area (Å²) in [6.45, 7) is 3.74. The predicted molar refractivity (Wildman–Crippen MR) is 48.5 cm³/mol. The van der Waals surface area contributed by atoms with Gasteiger partial charge in [0, 0.05) is 12.3 Å². The largest absolute Gasteiger partial charge is 0.300 e. The van der Waals surface area contributed by atoms with Gasteiger partial charge in [0.05, 0.1) is 6.07 Å². The van der Waals surface area contributed by atoms with Crippen molar-refractivity contribution in [3.05, 3.63) is 0 Å². The van der Waals surface area contributed by atoms with Crippen molar-refractivity contribution in [1.82, 2.24) is 0 Å². The first kappa shape index (κ1) is 11.2. The van der Waals surface area contributed by atoms with Crippen LogP contribution in [0, 0.1) is 17.2 Å². The maximum absolute atomic E-state index is 11.0. The number of carbonyl (C=O) groups is 1. The highest BCUT2D eigenvalue weighted by Crippen LogP contribution is 2.15. The van der Waals surface area contributed by atoms with E-state index in [0.717, 1.165) is 25.7 Å². The monoisotopic (exact) mass is 167 g/mol. The van der Waals surface area contributed by atoms with Crippen LogP contribution in [-0.2, 0) is 4.79 Å². The van der Waals surface area contributed by atoms with Crippen molar-refractivity contribution in [2.45, 2.75) is 46.0 Å². The fourth-order valence-electron chi connectivity index (χ4n) is 1.24. The van der Waals surface area contributed by atoms with Gasteiger partial charge in [-0.05, 0) is 19.8 Å². The van der Waals surface area contributed by atoms with Gasteiger partial charge in [-0.3, -0.25) is 4.79 Å². The standard InChI is InChI=1S/C10H17NO/c1-3-4-6-10(9(2)12)7-5-8-11/h10H,3-7H2,1-2H3. The van der Waals surface area contributed by atoms with Crippen molar-refractivity contribution in [3.63, 3.8) is 0 Å². The molecule has 0 saturated carbocycles. The Balaban J connectivity index is 3.72. The van der Waals surface area contributed by atoms with Crippen LogP contribution in [0.2, 0.25) is 0 Å². The molecule has 0 amide bonds. The summed E-state index contributed by atoms with van der Waals surface area (Å²) >= 11 is 0. The average Bonchev–Trinajstić information content (AvgIpc) is 2.04. The molecule has 0 radical (unpaired) electrons. The van der Waals surface area contributed by atoms with Gasteiger partial charge >= 0.3 is 0 Å². The normalized spacial score (nSPS) is 12.1. The Morgan fingerprint density at radius 1 is 1.50 bits per heavy atom. The molecule has 12 heavy (non-hydrogen) atoms. The molecule has 1 unspecified atom stereocenters. The Morgan fingerprint density at radius 2 is 2.17 bits per heavy atom. The van der Waals surface area contributed by atoms with Gasteiger partial charge in [-0.15, -0.1) is 0 Å². The van der Waals surface area contributed by atoms with Crippen molar-refractivity contribution in [1.29, 1.82) is 5.26 Å². The summed E-state index contributed by atoms with van der Waals surface area (Å²) in [6, 6.07) is 2.08. The molecule has 68 valence electrons. The zero-order valence-corrected chi connectivity index (χ0v) is 7.97. The van der Waals surface area contributed by atoms with Crippen LogP contribution in [0.15, 0.2) is 0 Å². The van der Waals surface area contributed by atoms with E-state index in [4.69, 9.17) is 5.26 Å². The van der Waals surface area contributed by atoms with E-state index >= 15 is 0 Å². The Labute approximate surface area is 74.6 Å². The Morgan fingerprint density at radius 3 is 2.58 bits per heavy atom. The molecule has 2 nitrogen and oxygen atoms in total. The van der Waals surface area contributed by atoms with E-state index in [0.29, 0.717) is 6.42 Å². The molecule has 0 spiro atoms. The fraction of sp³-hybridized carbons (Fsp3) is 0.800. The van der Waals surface area contributed by atoms with Gasteiger partial charge in [-0.25, -0.2) is 0 Å². The first-order valence-corrected chi connectivity index (χ1v) is 4.59. The lowest BCUT2D eigenvalue weighted by molar-refractivity contribution is -0.121. The minimum Gasteiger partial charge on any atom is -0.300 e. The molecule has 0 saturated heterocycles. The van der Waals surface area contributed by atoms with Gasteiger partial charge in [0.2, 0.25) is 0 Å². The van der Waals surface area contributed by atoms with Gasteiger partial charge in [-0.1, -0.05) is 19.8 Å². The van der Waals surface area contributed by atoms with Crippen LogP contribution in [0.5, 0.6) is 0 Å².